The van der Waals surface area contributed by atoms with Crippen LogP contribution >= 0.6 is 12.4 Å². The number of carbonyl (C=O) groups excluding carboxylic acids is 1. The molecule has 4 N–H and O–H groups in total. The number of nitrogens with one attached hydrogen (secondary N) is 1. The maximum absolute atomic E-state index is 13.8. The van der Waals surface area contributed by atoms with Gasteiger partial charge in [-0.1, -0.05) is 12.1 Å². The number of benzene rings is 1. The Morgan fingerprint density at radius 3 is 2.62 bits per heavy atom. The lowest BCUT2D eigenvalue weighted by Gasteiger charge is -2.49. The summed E-state index contributed by atoms with van der Waals surface area (Å²) in [4.78, 5) is 39.0. The van der Waals surface area contributed by atoms with Gasteiger partial charge in [0.05, 0.1) is 22.4 Å². The number of amides is 1. The summed E-state index contributed by atoms with van der Waals surface area (Å²) in [6, 6.07) is 6.02. The molecule has 2 aromatic heterocycles. The first kappa shape index (κ1) is 26.6. The van der Waals surface area contributed by atoms with Crippen molar-refractivity contribution >= 4 is 24.5 Å². The van der Waals surface area contributed by atoms with Gasteiger partial charge in [0.2, 0.25) is 0 Å². The Labute approximate surface area is 219 Å². The Kier molecular flexibility index (Phi) is 6.76. The molecule has 1 amide bonds. The van der Waals surface area contributed by atoms with Gasteiger partial charge in [-0.05, 0) is 56.9 Å². The molecule has 3 aromatic rings. The van der Waals surface area contributed by atoms with Gasteiger partial charge in [-0.15, -0.1) is 12.4 Å². The predicted molar refractivity (Wildman–Crippen MR) is 137 cm³/mol. The standard InChI is InChI=1S/C26H28FN5O4.ClH/c1-25(2,3)36-24(35)32-12-26(11-28,13-32)21-18(23(33)34)17-8-7-15-10-29-22(31-19(15)20(17)30-21)14-5-4-6-16(27)9-14;/h4-6,9-10,30H,7-8,11-13,28H2,1-3H3,(H,33,34);1H. The molecule has 2 aliphatic rings. The molecule has 0 bridgehead atoms. The number of halogens is 2. The Bertz CT molecular complexity index is 1380. The van der Waals surface area contributed by atoms with E-state index < -0.39 is 28.9 Å². The molecule has 9 nitrogen and oxygen atoms in total. The number of carbonyl (C=O) groups is 2. The number of nitrogens with two attached hydrogens (primary N) is 1. The molecular weight excluding hydrogens is 501 g/mol. The number of hydrogen-bond donors (Lipinski definition) is 3. The van der Waals surface area contributed by atoms with E-state index in [1.54, 1.807) is 39.1 Å². The third-order valence-corrected chi connectivity index (χ3v) is 6.71. The molecule has 3 heterocycles. The van der Waals surface area contributed by atoms with Crippen LogP contribution in [0.1, 0.15) is 48.0 Å². The van der Waals surface area contributed by atoms with E-state index in [2.05, 4.69) is 9.97 Å². The summed E-state index contributed by atoms with van der Waals surface area (Å²) >= 11 is 0. The molecule has 196 valence electrons. The molecule has 0 unspecified atom stereocenters. The summed E-state index contributed by atoms with van der Waals surface area (Å²) in [6.45, 7) is 6.00. The predicted octanol–water partition coefficient (Wildman–Crippen LogP) is 3.94. The minimum Gasteiger partial charge on any atom is -0.478 e. The molecule has 11 heteroatoms. The van der Waals surface area contributed by atoms with Crippen LogP contribution < -0.4 is 5.73 Å². The molecular formula is C26H29ClFN5O4. The minimum absolute atomic E-state index is 0. The van der Waals surface area contributed by atoms with Crippen LogP contribution in [0.15, 0.2) is 30.5 Å². The van der Waals surface area contributed by atoms with E-state index in [4.69, 9.17) is 15.5 Å². The highest BCUT2D eigenvalue weighted by molar-refractivity contribution is 5.95. The van der Waals surface area contributed by atoms with Crippen molar-refractivity contribution in [2.75, 3.05) is 19.6 Å². The van der Waals surface area contributed by atoms with Crippen LogP contribution in [-0.2, 0) is 23.0 Å². The van der Waals surface area contributed by atoms with E-state index >= 15 is 0 Å². The minimum atomic E-state index is -1.06. The SMILES string of the molecule is CC(C)(C)OC(=O)N1CC(CN)(c2[nH]c3c(c2C(=O)O)CCc2cnc(-c4cccc(F)c4)nc2-3)C1.Cl. The summed E-state index contributed by atoms with van der Waals surface area (Å²) in [6.07, 6.45) is 2.32. The topological polar surface area (TPSA) is 134 Å². The van der Waals surface area contributed by atoms with Crippen LogP contribution in [0.4, 0.5) is 9.18 Å². The van der Waals surface area contributed by atoms with Gasteiger partial charge < -0.3 is 25.5 Å². The number of carboxylic acid groups (broad SMARTS) is 1. The van der Waals surface area contributed by atoms with E-state index in [-0.39, 0.29) is 37.6 Å². The first-order valence-electron chi connectivity index (χ1n) is 11.8. The van der Waals surface area contributed by atoms with Crippen LogP contribution in [0.3, 0.4) is 0 Å². The molecule has 37 heavy (non-hydrogen) atoms. The lowest BCUT2D eigenvalue weighted by Crippen LogP contribution is -2.65. The maximum Gasteiger partial charge on any atom is 0.410 e. The highest BCUT2D eigenvalue weighted by Gasteiger charge is 2.50. The fourth-order valence-corrected chi connectivity index (χ4v) is 4.99. The summed E-state index contributed by atoms with van der Waals surface area (Å²) in [7, 11) is 0. The quantitative estimate of drug-likeness (QED) is 0.466. The largest absolute Gasteiger partial charge is 0.478 e. The van der Waals surface area contributed by atoms with E-state index in [1.807, 2.05) is 0 Å². The van der Waals surface area contributed by atoms with Gasteiger partial charge >= 0.3 is 12.1 Å². The van der Waals surface area contributed by atoms with Gasteiger partial charge in [-0.2, -0.15) is 0 Å². The molecule has 0 radical (unpaired) electrons. The van der Waals surface area contributed by atoms with E-state index in [1.165, 1.54) is 17.0 Å². The zero-order chi connectivity index (χ0) is 25.8. The highest BCUT2D eigenvalue weighted by atomic mass is 35.5. The highest BCUT2D eigenvalue weighted by Crippen LogP contribution is 2.43. The van der Waals surface area contributed by atoms with Gasteiger partial charge in [0.1, 0.15) is 11.4 Å². The van der Waals surface area contributed by atoms with Crippen molar-refractivity contribution in [1.82, 2.24) is 19.9 Å². The van der Waals surface area contributed by atoms with Crippen molar-refractivity contribution in [3.05, 3.63) is 58.7 Å². The Hall–Kier alpha value is -3.50. The maximum atomic E-state index is 13.8. The third-order valence-electron chi connectivity index (χ3n) is 6.71. The fourth-order valence-electron chi connectivity index (χ4n) is 4.99. The van der Waals surface area contributed by atoms with E-state index in [0.717, 1.165) is 5.56 Å². The number of aromatic amines is 1. The van der Waals surface area contributed by atoms with Crippen LogP contribution in [0.5, 0.6) is 0 Å². The van der Waals surface area contributed by atoms with Crippen molar-refractivity contribution in [3.8, 4) is 22.8 Å². The van der Waals surface area contributed by atoms with Gasteiger partial charge in [-0.3, -0.25) is 0 Å². The second-order valence-electron chi connectivity index (χ2n) is 10.4. The molecule has 1 saturated heterocycles. The monoisotopic (exact) mass is 529 g/mol. The number of aromatic nitrogens is 3. The number of H-pyrrole nitrogens is 1. The Balaban J connectivity index is 0.00000320. The number of fused-ring (bicyclic) bond motifs is 3. The van der Waals surface area contributed by atoms with Gasteiger partial charge in [0.15, 0.2) is 5.82 Å². The molecule has 1 aromatic carbocycles. The molecule has 0 spiro atoms. The summed E-state index contributed by atoms with van der Waals surface area (Å²) in [5, 5.41) is 10.2. The fraction of sp³-hybridized carbons (Fsp3) is 0.385. The second kappa shape index (κ2) is 9.42. The van der Waals surface area contributed by atoms with Crippen LogP contribution in [0.2, 0.25) is 0 Å². The first-order valence-corrected chi connectivity index (χ1v) is 11.8. The number of ether oxygens (including phenoxy) is 1. The van der Waals surface area contributed by atoms with Gasteiger partial charge in [0, 0.05) is 37.1 Å². The molecule has 1 aliphatic heterocycles. The smallest absolute Gasteiger partial charge is 0.410 e. The zero-order valence-electron chi connectivity index (χ0n) is 20.8. The number of nitrogens with zero attached hydrogens (tertiary/aromatic N) is 3. The van der Waals surface area contributed by atoms with Crippen LogP contribution in [-0.4, -0.2) is 62.3 Å². The number of carboxylic acids is 1. The summed E-state index contributed by atoms with van der Waals surface area (Å²) in [5.41, 5.74) is 8.70. The molecule has 1 fully saturated rings. The van der Waals surface area contributed by atoms with Crippen LogP contribution in [0.25, 0.3) is 22.8 Å². The molecule has 1 aliphatic carbocycles. The molecule has 0 saturated carbocycles. The van der Waals surface area contributed by atoms with Crippen molar-refractivity contribution in [2.24, 2.45) is 5.73 Å². The molecule has 0 atom stereocenters. The number of hydrogen-bond acceptors (Lipinski definition) is 6. The van der Waals surface area contributed by atoms with E-state index in [0.29, 0.717) is 46.9 Å². The first-order chi connectivity index (χ1) is 17.0. The van der Waals surface area contributed by atoms with E-state index in [9.17, 15) is 19.1 Å². The zero-order valence-corrected chi connectivity index (χ0v) is 21.6. The third kappa shape index (κ3) is 4.67. The number of aryl methyl sites for hydroxylation is 1. The molecule has 5 rings (SSSR count). The summed E-state index contributed by atoms with van der Waals surface area (Å²) in [5.74, 6) is -1.11. The van der Waals surface area contributed by atoms with Crippen molar-refractivity contribution < 1.29 is 23.8 Å². The number of likely N-dealkylation sites (tertiary alicyclic amines) is 1. The van der Waals surface area contributed by atoms with Crippen molar-refractivity contribution in [2.45, 2.75) is 44.6 Å². The van der Waals surface area contributed by atoms with Crippen molar-refractivity contribution in [1.29, 1.82) is 0 Å². The van der Waals surface area contributed by atoms with Crippen molar-refractivity contribution in [3.63, 3.8) is 0 Å². The lowest BCUT2D eigenvalue weighted by molar-refractivity contribution is -0.00905. The average molecular weight is 530 g/mol. The average Bonchev–Trinajstić information content (AvgIpc) is 3.18. The van der Waals surface area contributed by atoms with Gasteiger partial charge in [0.25, 0.3) is 0 Å². The normalized spacial score (nSPS) is 15.6. The lowest BCUT2D eigenvalue weighted by atomic mass is 9.75. The summed E-state index contributed by atoms with van der Waals surface area (Å²) < 4.78 is 19.3. The second-order valence-corrected chi connectivity index (χ2v) is 10.4. The Morgan fingerprint density at radius 1 is 1.27 bits per heavy atom. The Morgan fingerprint density at radius 2 is 2.00 bits per heavy atom. The number of aromatic carboxylic acids is 1. The van der Waals surface area contributed by atoms with Gasteiger partial charge in [-0.25, -0.2) is 23.9 Å². The number of rotatable bonds is 4. The van der Waals surface area contributed by atoms with Crippen LogP contribution in [0, 0.1) is 5.82 Å².